The number of fused-ring (bicyclic) bond motifs is 4. The van der Waals surface area contributed by atoms with Crippen LogP contribution in [0.3, 0.4) is 0 Å². The van der Waals surface area contributed by atoms with Crippen molar-refractivity contribution >= 4 is 0 Å². The lowest BCUT2D eigenvalue weighted by Crippen LogP contribution is -2.42. The number of aryl methyl sites for hydroxylation is 2. The molecule has 0 unspecified atom stereocenters. The van der Waals surface area contributed by atoms with E-state index in [9.17, 15) is 5.11 Å². The van der Waals surface area contributed by atoms with Gasteiger partial charge in [0, 0.05) is 17.2 Å². The van der Waals surface area contributed by atoms with E-state index in [4.69, 9.17) is 4.74 Å². The molecule has 4 rings (SSSR count). The quantitative estimate of drug-likeness (QED) is 0.820. The maximum absolute atomic E-state index is 9.76. The van der Waals surface area contributed by atoms with Crippen molar-refractivity contribution in [3.8, 4) is 22.6 Å². The summed E-state index contributed by atoms with van der Waals surface area (Å²) in [6.07, 6.45) is 4.39. The summed E-state index contributed by atoms with van der Waals surface area (Å²) < 4.78 is 6.33. The fraction of sp³-hybridized carbons (Fsp3) is 0.368. The van der Waals surface area contributed by atoms with Gasteiger partial charge in [0.1, 0.15) is 17.1 Å². The molecule has 0 bridgehead atoms. The van der Waals surface area contributed by atoms with Crippen LogP contribution in [0.2, 0.25) is 0 Å². The van der Waals surface area contributed by atoms with Gasteiger partial charge in [-0.05, 0) is 61.4 Å². The Kier molecular flexibility index (Phi) is 2.59. The minimum absolute atomic E-state index is 0.160. The molecule has 0 radical (unpaired) electrons. The summed E-state index contributed by atoms with van der Waals surface area (Å²) in [6.45, 7) is 4.39. The van der Waals surface area contributed by atoms with E-state index < -0.39 is 0 Å². The predicted molar refractivity (Wildman–Crippen MR) is 83.8 cm³/mol. The fourth-order valence-corrected chi connectivity index (χ4v) is 3.69. The monoisotopic (exact) mass is 280 g/mol. The van der Waals surface area contributed by atoms with Crippen LogP contribution in [0, 0.1) is 6.92 Å². The van der Waals surface area contributed by atoms with E-state index in [2.05, 4.69) is 26.0 Å². The summed E-state index contributed by atoms with van der Waals surface area (Å²) in [5.74, 6) is 1.10. The summed E-state index contributed by atoms with van der Waals surface area (Å²) in [6, 6.07) is 10.1. The number of ether oxygens (including phenoxy) is 1. The van der Waals surface area contributed by atoms with Gasteiger partial charge in [0.25, 0.3) is 0 Å². The van der Waals surface area contributed by atoms with Crippen molar-refractivity contribution in [1.82, 2.24) is 0 Å². The molecule has 1 aliphatic heterocycles. The second-order valence-electron chi connectivity index (χ2n) is 6.31. The van der Waals surface area contributed by atoms with Crippen LogP contribution in [0.4, 0.5) is 0 Å². The highest BCUT2D eigenvalue weighted by atomic mass is 16.5. The maximum atomic E-state index is 9.76. The summed E-state index contributed by atoms with van der Waals surface area (Å²) in [5, 5.41) is 9.76. The van der Waals surface area contributed by atoms with Crippen molar-refractivity contribution in [2.45, 2.75) is 45.1 Å². The molecule has 2 aliphatic rings. The van der Waals surface area contributed by atoms with Crippen molar-refractivity contribution in [3.05, 3.63) is 47.0 Å². The number of hydrogen-bond donors (Lipinski definition) is 1. The van der Waals surface area contributed by atoms with E-state index in [1.165, 1.54) is 28.7 Å². The van der Waals surface area contributed by atoms with Crippen molar-refractivity contribution in [2.24, 2.45) is 0 Å². The molecule has 1 fully saturated rings. The molecule has 1 N–H and O–H groups in total. The Bertz CT molecular complexity index is 727. The first-order valence-electron chi connectivity index (χ1n) is 7.79. The highest BCUT2D eigenvalue weighted by Gasteiger charge is 2.46. The Morgan fingerprint density at radius 3 is 2.62 bits per heavy atom. The van der Waals surface area contributed by atoms with Crippen LogP contribution in [0.15, 0.2) is 30.3 Å². The molecule has 0 saturated heterocycles. The molecular weight excluding hydrogens is 260 g/mol. The molecule has 1 spiro atoms. The van der Waals surface area contributed by atoms with Crippen LogP contribution >= 0.6 is 0 Å². The van der Waals surface area contributed by atoms with E-state index in [0.717, 1.165) is 30.6 Å². The number of benzene rings is 2. The Morgan fingerprint density at radius 2 is 1.95 bits per heavy atom. The summed E-state index contributed by atoms with van der Waals surface area (Å²) in [5.41, 5.74) is 6.32. The number of phenols is 1. The topological polar surface area (TPSA) is 29.5 Å². The van der Waals surface area contributed by atoms with Crippen molar-refractivity contribution in [3.63, 3.8) is 0 Å². The molecule has 2 heteroatoms. The zero-order chi connectivity index (χ0) is 14.6. The summed E-state index contributed by atoms with van der Waals surface area (Å²) >= 11 is 0. The summed E-state index contributed by atoms with van der Waals surface area (Å²) in [7, 11) is 0. The third kappa shape index (κ3) is 1.71. The van der Waals surface area contributed by atoms with Gasteiger partial charge in [0.15, 0.2) is 0 Å². The maximum Gasteiger partial charge on any atom is 0.135 e. The van der Waals surface area contributed by atoms with Gasteiger partial charge in [-0.15, -0.1) is 0 Å². The number of aromatic hydroxyl groups is 1. The van der Waals surface area contributed by atoms with Gasteiger partial charge in [-0.25, -0.2) is 0 Å². The van der Waals surface area contributed by atoms with E-state index in [-0.39, 0.29) is 11.4 Å². The lowest BCUT2D eigenvalue weighted by atomic mass is 9.70. The Balaban J connectivity index is 2.00. The van der Waals surface area contributed by atoms with Crippen LogP contribution < -0.4 is 4.74 Å². The molecular formula is C19H20O2. The van der Waals surface area contributed by atoms with Crippen LogP contribution in [0.5, 0.6) is 11.5 Å². The molecule has 2 aromatic carbocycles. The predicted octanol–water partition coefficient (Wildman–Crippen LogP) is 4.70. The Hall–Kier alpha value is -1.96. The van der Waals surface area contributed by atoms with Crippen LogP contribution in [0.25, 0.3) is 11.1 Å². The van der Waals surface area contributed by atoms with Crippen molar-refractivity contribution in [1.29, 1.82) is 0 Å². The highest BCUT2D eigenvalue weighted by Crippen LogP contribution is 2.54. The lowest BCUT2D eigenvalue weighted by molar-refractivity contribution is -0.0145. The van der Waals surface area contributed by atoms with Gasteiger partial charge in [0.2, 0.25) is 0 Å². The number of rotatable bonds is 1. The van der Waals surface area contributed by atoms with E-state index in [1.54, 1.807) is 12.1 Å². The smallest absolute Gasteiger partial charge is 0.135 e. The molecule has 1 heterocycles. The number of hydrogen-bond acceptors (Lipinski definition) is 2. The summed E-state index contributed by atoms with van der Waals surface area (Å²) in [4.78, 5) is 0. The van der Waals surface area contributed by atoms with E-state index in [1.807, 2.05) is 6.07 Å². The van der Waals surface area contributed by atoms with Gasteiger partial charge in [-0.2, -0.15) is 0 Å². The van der Waals surface area contributed by atoms with Gasteiger partial charge in [-0.1, -0.05) is 19.1 Å². The largest absolute Gasteiger partial charge is 0.508 e. The first-order chi connectivity index (χ1) is 10.1. The standard InChI is InChI=1S/C19H20O2/c1-3-13-10-16-15-6-5-14(20)11-18(15)21-19(7-4-8-19)17(16)9-12(13)2/h5-6,9-11,20H,3-4,7-8H2,1-2H3. The zero-order valence-electron chi connectivity index (χ0n) is 12.6. The first-order valence-corrected chi connectivity index (χ1v) is 7.79. The average molecular weight is 280 g/mol. The average Bonchev–Trinajstić information content (AvgIpc) is 2.43. The van der Waals surface area contributed by atoms with Crippen molar-refractivity contribution < 1.29 is 9.84 Å². The second-order valence-corrected chi connectivity index (χ2v) is 6.31. The normalized spacial score (nSPS) is 17.6. The fourth-order valence-electron chi connectivity index (χ4n) is 3.69. The number of phenolic OH excluding ortho intramolecular Hbond substituents is 1. The zero-order valence-corrected chi connectivity index (χ0v) is 12.6. The molecule has 0 aromatic heterocycles. The van der Waals surface area contributed by atoms with Gasteiger partial charge in [0.05, 0.1) is 0 Å². The van der Waals surface area contributed by atoms with Gasteiger partial charge in [-0.3, -0.25) is 0 Å². The molecule has 1 saturated carbocycles. The SMILES string of the molecule is CCc1cc2c(cc1C)C1(CCC1)Oc1cc(O)ccc1-2. The minimum atomic E-state index is -0.160. The molecule has 21 heavy (non-hydrogen) atoms. The van der Waals surface area contributed by atoms with Crippen LogP contribution in [0.1, 0.15) is 42.9 Å². The third-order valence-electron chi connectivity index (χ3n) is 5.07. The first kappa shape index (κ1) is 12.8. The minimum Gasteiger partial charge on any atom is -0.508 e. The Labute approximate surface area is 125 Å². The molecule has 108 valence electrons. The lowest BCUT2D eigenvalue weighted by Gasteiger charge is -2.46. The molecule has 0 amide bonds. The molecule has 2 nitrogen and oxygen atoms in total. The molecule has 0 atom stereocenters. The molecule has 1 aliphatic carbocycles. The van der Waals surface area contributed by atoms with E-state index in [0.29, 0.717) is 0 Å². The van der Waals surface area contributed by atoms with Crippen LogP contribution in [-0.4, -0.2) is 5.11 Å². The van der Waals surface area contributed by atoms with Crippen LogP contribution in [-0.2, 0) is 12.0 Å². The molecule has 2 aromatic rings. The van der Waals surface area contributed by atoms with E-state index >= 15 is 0 Å². The highest BCUT2D eigenvalue weighted by molar-refractivity contribution is 5.78. The Morgan fingerprint density at radius 1 is 1.14 bits per heavy atom. The van der Waals surface area contributed by atoms with Gasteiger partial charge >= 0.3 is 0 Å². The van der Waals surface area contributed by atoms with Gasteiger partial charge < -0.3 is 9.84 Å². The van der Waals surface area contributed by atoms with Crippen molar-refractivity contribution in [2.75, 3.05) is 0 Å². The second kappa shape index (κ2) is 4.27. The third-order valence-corrected chi connectivity index (χ3v) is 5.07.